The van der Waals surface area contributed by atoms with Crippen molar-refractivity contribution in [3.63, 3.8) is 0 Å². The summed E-state index contributed by atoms with van der Waals surface area (Å²) >= 11 is 0. The van der Waals surface area contributed by atoms with Gasteiger partial charge >= 0.3 is 0 Å². The summed E-state index contributed by atoms with van der Waals surface area (Å²) in [4.78, 5) is 29.2. The number of benzene rings is 2. The van der Waals surface area contributed by atoms with Gasteiger partial charge < -0.3 is 10.6 Å². The number of rotatable bonds is 7. The quantitative estimate of drug-likeness (QED) is 0.539. The van der Waals surface area contributed by atoms with Crippen LogP contribution in [0, 0.1) is 0 Å². The number of carbonyl (C=O) groups excluding carboxylic acids is 2. The zero-order valence-electron chi connectivity index (χ0n) is 16.1. The Balaban J connectivity index is 1.71. The van der Waals surface area contributed by atoms with Gasteiger partial charge in [0.25, 0.3) is 11.8 Å². The molecule has 2 amide bonds. The summed E-state index contributed by atoms with van der Waals surface area (Å²) in [7, 11) is -3.54. The summed E-state index contributed by atoms with van der Waals surface area (Å²) < 4.78 is 25.4. The molecular weight excluding hydrogens is 404 g/mol. The second-order valence-electron chi connectivity index (χ2n) is 6.46. The highest BCUT2D eigenvalue weighted by Crippen LogP contribution is 2.19. The number of nitrogens with one attached hydrogen (secondary N) is 3. The third-order valence-electron chi connectivity index (χ3n) is 4.01. The molecular formula is C21H20N4O4S. The number of hydrogen-bond donors (Lipinski definition) is 3. The van der Waals surface area contributed by atoms with Gasteiger partial charge in [-0.05, 0) is 42.5 Å². The molecule has 1 aromatic heterocycles. The van der Waals surface area contributed by atoms with E-state index in [0.717, 1.165) is 11.9 Å². The number of hydrogen-bond acceptors (Lipinski definition) is 5. The normalized spacial score (nSPS) is 10.8. The Kier molecular flexibility index (Phi) is 6.43. The van der Waals surface area contributed by atoms with E-state index >= 15 is 0 Å². The maximum absolute atomic E-state index is 12.7. The van der Waals surface area contributed by atoms with Gasteiger partial charge in [-0.15, -0.1) is 0 Å². The van der Waals surface area contributed by atoms with Crippen molar-refractivity contribution in [3.05, 3.63) is 89.7 Å². The Hall–Kier alpha value is -3.72. The molecule has 0 unspecified atom stereocenters. The molecule has 8 nitrogen and oxygen atoms in total. The highest BCUT2D eigenvalue weighted by atomic mass is 32.2. The smallest absolute Gasteiger partial charge is 0.257 e. The number of anilines is 2. The van der Waals surface area contributed by atoms with Gasteiger partial charge in [0.15, 0.2) is 0 Å². The van der Waals surface area contributed by atoms with Crippen LogP contribution in [0.1, 0.15) is 26.4 Å². The van der Waals surface area contributed by atoms with Crippen molar-refractivity contribution < 1.29 is 18.0 Å². The molecule has 1 heterocycles. The standard InChI is InChI=1S/C21H20N4O4S/c1-30(28,29)25-19-11-3-2-10-18(19)21(27)24-16-9-6-7-15(13-16)20(26)23-14-17-8-4-5-12-22-17/h2-13,25H,14H2,1H3,(H,23,26)(H,24,27). The summed E-state index contributed by atoms with van der Waals surface area (Å²) in [6, 6.07) is 18.1. The second kappa shape index (κ2) is 9.19. The van der Waals surface area contributed by atoms with E-state index in [4.69, 9.17) is 0 Å². The molecule has 3 aromatic rings. The lowest BCUT2D eigenvalue weighted by Gasteiger charge is -2.12. The fraction of sp³-hybridized carbons (Fsp3) is 0.0952. The van der Waals surface area contributed by atoms with Gasteiger partial charge in [-0.25, -0.2) is 8.42 Å². The van der Waals surface area contributed by atoms with Crippen LogP contribution < -0.4 is 15.4 Å². The number of sulfonamides is 1. The van der Waals surface area contributed by atoms with Crippen LogP contribution in [-0.4, -0.2) is 31.5 Å². The Morgan fingerprint density at radius 2 is 1.70 bits per heavy atom. The lowest BCUT2D eigenvalue weighted by atomic mass is 10.1. The Labute approximate surface area is 174 Å². The molecule has 0 aliphatic rings. The van der Waals surface area contributed by atoms with Crippen molar-refractivity contribution in [3.8, 4) is 0 Å². The van der Waals surface area contributed by atoms with Gasteiger partial charge in [0, 0.05) is 17.4 Å². The Morgan fingerprint density at radius 1 is 0.933 bits per heavy atom. The third-order valence-corrected chi connectivity index (χ3v) is 4.60. The number of carbonyl (C=O) groups is 2. The molecule has 0 saturated carbocycles. The van der Waals surface area contributed by atoms with Crippen LogP contribution in [0.5, 0.6) is 0 Å². The predicted octanol–water partition coefficient (Wildman–Crippen LogP) is 2.64. The second-order valence-corrected chi connectivity index (χ2v) is 8.21. The zero-order chi connectivity index (χ0) is 21.6. The first-order chi connectivity index (χ1) is 14.3. The van der Waals surface area contributed by atoms with Gasteiger partial charge in [0.2, 0.25) is 10.0 Å². The van der Waals surface area contributed by atoms with E-state index in [0.29, 0.717) is 11.3 Å². The van der Waals surface area contributed by atoms with Crippen LogP contribution in [-0.2, 0) is 16.6 Å². The molecule has 0 aliphatic heterocycles. The van der Waals surface area contributed by atoms with Gasteiger partial charge in [-0.2, -0.15) is 0 Å². The average molecular weight is 424 g/mol. The highest BCUT2D eigenvalue weighted by molar-refractivity contribution is 7.92. The number of para-hydroxylation sites is 1. The van der Waals surface area contributed by atoms with Gasteiger partial charge in [0.05, 0.1) is 29.7 Å². The molecule has 9 heteroatoms. The molecule has 0 radical (unpaired) electrons. The van der Waals surface area contributed by atoms with Crippen molar-refractivity contribution in [2.45, 2.75) is 6.54 Å². The van der Waals surface area contributed by atoms with Gasteiger partial charge in [-0.1, -0.05) is 24.3 Å². The zero-order valence-corrected chi connectivity index (χ0v) is 16.9. The first-order valence-electron chi connectivity index (χ1n) is 8.98. The molecule has 0 atom stereocenters. The molecule has 0 saturated heterocycles. The van der Waals surface area contributed by atoms with Crippen molar-refractivity contribution in [2.24, 2.45) is 0 Å². The first kappa shape index (κ1) is 21.0. The first-order valence-corrected chi connectivity index (χ1v) is 10.9. The van der Waals surface area contributed by atoms with E-state index < -0.39 is 15.9 Å². The van der Waals surface area contributed by atoms with Crippen LogP contribution in [0.15, 0.2) is 72.9 Å². The molecule has 154 valence electrons. The topological polar surface area (TPSA) is 117 Å². The summed E-state index contributed by atoms with van der Waals surface area (Å²) in [5.41, 5.74) is 1.82. The van der Waals surface area contributed by atoms with Crippen LogP contribution in [0.2, 0.25) is 0 Å². The minimum atomic E-state index is -3.54. The van der Waals surface area contributed by atoms with E-state index in [1.54, 1.807) is 48.7 Å². The fourth-order valence-corrected chi connectivity index (χ4v) is 3.26. The number of pyridine rings is 1. The summed E-state index contributed by atoms with van der Waals surface area (Å²) in [5, 5.41) is 5.46. The summed E-state index contributed by atoms with van der Waals surface area (Å²) in [6.45, 7) is 0.279. The van der Waals surface area contributed by atoms with Crippen molar-refractivity contribution >= 4 is 33.2 Å². The van der Waals surface area contributed by atoms with E-state index in [9.17, 15) is 18.0 Å². The Bertz CT molecular complexity index is 1160. The van der Waals surface area contributed by atoms with E-state index in [-0.39, 0.29) is 23.7 Å². The Morgan fingerprint density at radius 3 is 2.43 bits per heavy atom. The summed E-state index contributed by atoms with van der Waals surface area (Å²) in [5.74, 6) is -0.816. The molecule has 2 aromatic carbocycles. The maximum Gasteiger partial charge on any atom is 0.257 e. The van der Waals surface area contributed by atoms with Crippen LogP contribution in [0.4, 0.5) is 11.4 Å². The molecule has 3 N–H and O–H groups in total. The van der Waals surface area contributed by atoms with Crippen LogP contribution in [0.3, 0.4) is 0 Å². The van der Waals surface area contributed by atoms with Crippen LogP contribution in [0.25, 0.3) is 0 Å². The molecule has 0 aliphatic carbocycles. The van der Waals surface area contributed by atoms with Crippen molar-refractivity contribution in [1.82, 2.24) is 10.3 Å². The molecule has 0 fully saturated rings. The van der Waals surface area contributed by atoms with Crippen molar-refractivity contribution in [1.29, 1.82) is 0 Å². The fourth-order valence-electron chi connectivity index (χ4n) is 2.68. The lowest BCUT2D eigenvalue weighted by Crippen LogP contribution is -2.23. The average Bonchev–Trinajstić information content (AvgIpc) is 2.72. The number of nitrogens with zero attached hydrogens (tertiary/aromatic N) is 1. The highest BCUT2D eigenvalue weighted by Gasteiger charge is 2.15. The number of amides is 2. The SMILES string of the molecule is CS(=O)(=O)Nc1ccccc1C(=O)Nc1cccc(C(=O)NCc2ccccn2)c1. The van der Waals surface area contributed by atoms with E-state index in [1.807, 2.05) is 6.07 Å². The minimum Gasteiger partial charge on any atom is -0.346 e. The molecule has 0 spiro atoms. The largest absolute Gasteiger partial charge is 0.346 e. The molecule has 0 bridgehead atoms. The number of aromatic nitrogens is 1. The summed E-state index contributed by atoms with van der Waals surface area (Å²) in [6.07, 6.45) is 2.66. The van der Waals surface area contributed by atoms with E-state index in [1.165, 1.54) is 18.2 Å². The lowest BCUT2D eigenvalue weighted by molar-refractivity contribution is 0.0949. The van der Waals surface area contributed by atoms with E-state index in [2.05, 4.69) is 20.3 Å². The van der Waals surface area contributed by atoms with Gasteiger partial charge in [-0.3, -0.25) is 19.3 Å². The monoisotopic (exact) mass is 424 g/mol. The van der Waals surface area contributed by atoms with Gasteiger partial charge in [0.1, 0.15) is 0 Å². The maximum atomic E-state index is 12.7. The third kappa shape index (κ3) is 5.89. The molecule has 3 rings (SSSR count). The van der Waals surface area contributed by atoms with Crippen LogP contribution >= 0.6 is 0 Å². The minimum absolute atomic E-state index is 0.160. The molecule has 30 heavy (non-hydrogen) atoms. The predicted molar refractivity (Wildman–Crippen MR) is 115 cm³/mol. The van der Waals surface area contributed by atoms with Crippen molar-refractivity contribution in [2.75, 3.05) is 16.3 Å².